The summed E-state index contributed by atoms with van der Waals surface area (Å²) >= 11 is 0. The lowest BCUT2D eigenvalue weighted by Gasteiger charge is -2.10. The van der Waals surface area contributed by atoms with Gasteiger partial charge >= 0.3 is 0 Å². The van der Waals surface area contributed by atoms with Gasteiger partial charge in [0.1, 0.15) is 0 Å². The lowest BCUT2D eigenvalue weighted by Crippen LogP contribution is -2.07. The van der Waals surface area contributed by atoms with Gasteiger partial charge in [-0.05, 0) is 37.0 Å². The second-order valence-electron chi connectivity index (χ2n) is 3.45. The van der Waals surface area contributed by atoms with Crippen LogP contribution in [0.25, 0.3) is 0 Å². The number of benzene rings is 1. The van der Waals surface area contributed by atoms with Crippen LogP contribution in [0.15, 0.2) is 18.2 Å². The van der Waals surface area contributed by atoms with Crippen molar-refractivity contribution < 1.29 is 8.78 Å². The molecule has 0 unspecified atom stereocenters. The van der Waals surface area contributed by atoms with E-state index in [1.54, 1.807) is 12.1 Å². The normalized spacial score (nSPS) is 18.7. The summed E-state index contributed by atoms with van der Waals surface area (Å²) in [5, 5.41) is 0. The molecule has 1 radical (unpaired) electrons. The number of fused-ring (bicyclic) bond motifs is 1. The Kier molecular flexibility index (Phi) is 1.86. The van der Waals surface area contributed by atoms with Crippen LogP contribution in [0.4, 0.5) is 8.78 Å². The van der Waals surface area contributed by atoms with Crippen molar-refractivity contribution in [2.24, 2.45) is 0 Å². The molecular formula is C11H11F2. The number of rotatable bonds is 1. The summed E-state index contributed by atoms with van der Waals surface area (Å²) in [4.78, 5) is 0. The molecule has 1 aromatic rings. The van der Waals surface area contributed by atoms with Crippen LogP contribution < -0.4 is 0 Å². The zero-order valence-corrected chi connectivity index (χ0v) is 7.32. The third-order valence-corrected chi connectivity index (χ3v) is 2.57. The van der Waals surface area contributed by atoms with Gasteiger partial charge in [-0.1, -0.05) is 12.1 Å². The molecule has 0 saturated heterocycles. The van der Waals surface area contributed by atoms with Crippen molar-refractivity contribution in [3.63, 3.8) is 0 Å². The summed E-state index contributed by atoms with van der Waals surface area (Å²) < 4.78 is 26.5. The van der Waals surface area contributed by atoms with Crippen LogP contribution in [0.2, 0.25) is 0 Å². The second-order valence-corrected chi connectivity index (χ2v) is 3.45. The largest absolute Gasteiger partial charge is 0.273 e. The summed E-state index contributed by atoms with van der Waals surface area (Å²) in [7, 11) is 0. The van der Waals surface area contributed by atoms with Gasteiger partial charge in [-0.2, -0.15) is 0 Å². The van der Waals surface area contributed by atoms with Crippen LogP contribution in [-0.4, -0.2) is 0 Å². The molecule has 69 valence electrons. The molecule has 0 spiro atoms. The first kappa shape index (κ1) is 8.67. The van der Waals surface area contributed by atoms with Crippen molar-refractivity contribution in [3.05, 3.63) is 41.8 Å². The second kappa shape index (κ2) is 2.79. The Morgan fingerprint density at radius 1 is 1.38 bits per heavy atom. The number of hydrogen-bond acceptors (Lipinski definition) is 0. The van der Waals surface area contributed by atoms with Crippen molar-refractivity contribution in [3.8, 4) is 0 Å². The summed E-state index contributed by atoms with van der Waals surface area (Å²) in [5.74, 6) is -2.61. The SMILES string of the molecule is [CH2]Cc1ccc2c(c1)C(F)(F)CC2. The average Bonchev–Trinajstić information content (AvgIpc) is 2.42. The fraction of sp³-hybridized carbons (Fsp3) is 0.364. The van der Waals surface area contributed by atoms with Crippen molar-refractivity contribution in [1.29, 1.82) is 0 Å². The van der Waals surface area contributed by atoms with Gasteiger partial charge in [0.2, 0.25) is 0 Å². The summed E-state index contributed by atoms with van der Waals surface area (Å²) in [5.41, 5.74) is 1.90. The van der Waals surface area contributed by atoms with E-state index in [-0.39, 0.29) is 12.0 Å². The van der Waals surface area contributed by atoms with Crippen molar-refractivity contribution >= 4 is 0 Å². The van der Waals surface area contributed by atoms with E-state index in [0.717, 1.165) is 11.1 Å². The maximum Gasteiger partial charge on any atom is 0.273 e. The number of halogens is 2. The fourth-order valence-corrected chi connectivity index (χ4v) is 1.76. The lowest BCUT2D eigenvalue weighted by molar-refractivity contribution is -0.00189. The molecule has 2 heteroatoms. The molecule has 0 fully saturated rings. The molecular weight excluding hydrogens is 170 g/mol. The first-order valence-corrected chi connectivity index (χ1v) is 4.43. The highest BCUT2D eigenvalue weighted by Crippen LogP contribution is 2.41. The molecule has 0 aromatic heterocycles. The molecule has 2 rings (SSSR count). The maximum atomic E-state index is 13.2. The Morgan fingerprint density at radius 2 is 2.15 bits per heavy atom. The van der Waals surface area contributed by atoms with Gasteiger partial charge in [0, 0.05) is 12.0 Å². The Hall–Kier alpha value is -0.920. The monoisotopic (exact) mass is 181 g/mol. The first-order chi connectivity index (χ1) is 6.13. The van der Waals surface area contributed by atoms with Crippen molar-refractivity contribution in [2.45, 2.75) is 25.2 Å². The Labute approximate surface area is 76.6 Å². The molecule has 1 aliphatic carbocycles. The van der Waals surface area contributed by atoms with E-state index >= 15 is 0 Å². The zero-order valence-electron chi connectivity index (χ0n) is 7.32. The first-order valence-electron chi connectivity index (χ1n) is 4.43. The minimum Gasteiger partial charge on any atom is -0.201 e. The summed E-state index contributed by atoms with van der Waals surface area (Å²) in [6, 6.07) is 5.28. The van der Waals surface area contributed by atoms with Gasteiger partial charge in [0.15, 0.2) is 0 Å². The van der Waals surface area contributed by atoms with E-state index < -0.39 is 5.92 Å². The third kappa shape index (κ3) is 1.34. The third-order valence-electron chi connectivity index (χ3n) is 2.57. The van der Waals surface area contributed by atoms with E-state index in [9.17, 15) is 8.78 Å². The van der Waals surface area contributed by atoms with E-state index in [2.05, 4.69) is 6.92 Å². The van der Waals surface area contributed by atoms with E-state index in [1.165, 1.54) is 0 Å². The number of alkyl halides is 2. The smallest absolute Gasteiger partial charge is 0.201 e. The zero-order chi connectivity index (χ0) is 9.47. The molecule has 0 N–H and O–H groups in total. The number of hydrogen-bond donors (Lipinski definition) is 0. The molecule has 0 amide bonds. The summed E-state index contributed by atoms with van der Waals surface area (Å²) in [6.07, 6.45) is 1.03. The van der Waals surface area contributed by atoms with Gasteiger partial charge < -0.3 is 0 Å². The van der Waals surface area contributed by atoms with Gasteiger partial charge in [0.05, 0.1) is 0 Å². The highest BCUT2D eigenvalue weighted by atomic mass is 19.3. The molecule has 1 aromatic carbocycles. The Balaban J connectivity index is 2.50. The fourth-order valence-electron chi connectivity index (χ4n) is 1.76. The molecule has 13 heavy (non-hydrogen) atoms. The van der Waals surface area contributed by atoms with Gasteiger partial charge in [-0.15, -0.1) is 0 Å². The molecule has 1 aliphatic rings. The van der Waals surface area contributed by atoms with Gasteiger partial charge in [-0.3, -0.25) is 0 Å². The van der Waals surface area contributed by atoms with Crippen molar-refractivity contribution in [2.75, 3.05) is 0 Å². The topological polar surface area (TPSA) is 0 Å². The molecule has 0 aliphatic heterocycles. The molecule has 0 heterocycles. The van der Waals surface area contributed by atoms with Crippen LogP contribution in [0.3, 0.4) is 0 Å². The van der Waals surface area contributed by atoms with Crippen LogP contribution in [0.5, 0.6) is 0 Å². The van der Waals surface area contributed by atoms with Gasteiger partial charge in [-0.25, -0.2) is 8.78 Å². The van der Waals surface area contributed by atoms with E-state index in [4.69, 9.17) is 0 Å². The average molecular weight is 181 g/mol. The minimum absolute atomic E-state index is 0.0388. The predicted octanol–water partition coefficient (Wildman–Crippen LogP) is 3.10. The number of aryl methyl sites for hydroxylation is 1. The maximum absolute atomic E-state index is 13.2. The molecule has 0 atom stereocenters. The highest BCUT2D eigenvalue weighted by molar-refractivity contribution is 5.39. The predicted molar refractivity (Wildman–Crippen MR) is 47.7 cm³/mol. The van der Waals surface area contributed by atoms with Crippen LogP contribution in [-0.2, 0) is 18.8 Å². The van der Waals surface area contributed by atoms with Crippen LogP contribution >= 0.6 is 0 Å². The summed E-state index contributed by atoms with van der Waals surface area (Å²) in [6.45, 7) is 3.68. The molecule has 0 bridgehead atoms. The van der Waals surface area contributed by atoms with Crippen LogP contribution in [0.1, 0.15) is 23.1 Å². The lowest BCUT2D eigenvalue weighted by atomic mass is 10.0. The Morgan fingerprint density at radius 3 is 2.85 bits per heavy atom. The van der Waals surface area contributed by atoms with E-state index in [0.29, 0.717) is 12.8 Å². The molecule has 0 nitrogen and oxygen atoms in total. The van der Waals surface area contributed by atoms with Crippen LogP contribution in [0, 0.1) is 6.92 Å². The van der Waals surface area contributed by atoms with E-state index in [1.807, 2.05) is 6.07 Å². The quantitative estimate of drug-likeness (QED) is 0.624. The standard InChI is InChI=1S/C11H11F2/c1-2-8-3-4-9-5-6-11(12,13)10(9)7-8/h3-4,7H,1-2,5-6H2. The van der Waals surface area contributed by atoms with Crippen molar-refractivity contribution in [1.82, 2.24) is 0 Å². The molecule has 0 saturated carbocycles. The Bertz CT molecular complexity index is 329. The van der Waals surface area contributed by atoms with Gasteiger partial charge in [0.25, 0.3) is 5.92 Å². The minimum atomic E-state index is -2.61. The highest BCUT2D eigenvalue weighted by Gasteiger charge is 2.38.